The number of hydrogen-bond donors (Lipinski definition) is 2. The first-order chi connectivity index (χ1) is 17.5. The molecular weight excluding hydrogens is 495 g/mol. The summed E-state index contributed by atoms with van der Waals surface area (Å²) < 4.78 is 47.0. The predicted octanol–water partition coefficient (Wildman–Crippen LogP) is 2.80. The first-order valence-corrected chi connectivity index (χ1v) is 11.5. The molecule has 3 aromatic rings. The van der Waals surface area contributed by atoms with Crippen molar-refractivity contribution in [1.82, 2.24) is 30.2 Å². The summed E-state index contributed by atoms with van der Waals surface area (Å²) in [6.07, 6.45) is -1.09. The number of aryl methyl sites for hydroxylation is 2. The molecule has 11 nitrogen and oxygen atoms in total. The van der Waals surface area contributed by atoms with Crippen molar-refractivity contribution >= 4 is 17.7 Å². The molecule has 3 aromatic heterocycles. The number of anilines is 1. The van der Waals surface area contributed by atoms with Crippen molar-refractivity contribution in [3.63, 3.8) is 0 Å². The van der Waals surface area contributed by atoms with Gasteiger partial charge in [-0.3, -0.25) is 9.78 Å². The number of carboxylic acids is 1. The summed E-state index contributed by atoms with van der Waals surface area (Å²) in [7, 11) is 0. The third kappa shape index (κ3) is 7.44. The quantitative estimate of drug-likeness (QED) is 0.391. The number of carbonyl (C=O) groups excluding carboxylic acids is 1. The van der Waals surface area contributed by atoms with E-state index >= 15 is 0 Å². The Labute approximate surface area is 209 Å². The summed E-state index contributed by atoms with van der Waals surface area (Å²) in [4.78, 5) is 27.5. The normalized spacial score (nSPS) is 15.6. The van der Waals surface area contributed by atoms with Gasteiger partial charge in [-0.05, 0) is 31.9 Å². The molecule has 1 fully saturated rings. The standard InChI is InChI=1S/C23H24F3N7O4/c1-13-6-17(37-18-9-23(25,26)10-18)7-16(27-13)8-21(34)28-20-5-4-15(29-31-20)3-2-14(24)11-33-12-19(22(35)36)30-32-33/h4-7,12,14,18H,2-3,8-11H2,1H3,(H,35,36)(H,28,31,34)/t14-/m1/s1. The Kier molecular flexibility index (Phi) is 7.64. The minimum atomic E-state index is -2.69. The molecule has 1 aliphatic carbocycles. The monoisotopic (exact) mass is 519 g/mol. The molecule has 1 aliphatic rings. The molecule has 14 heteroatoms. The average Bonchev–Trinajstić information content (AvgIpc) is 3.26. The van der Waals surface area contributed by atoms with Gasteiger partial charge in [-0.15, -0.1) is 10.2 Å². The Morgan fingerprint density at radius 2 is 2.00 bits per heavy atom. The van der Waals surface area contributed by atoms with E-state index in [-0.39, 0.29) is 50.2 Å². The van der Waals surface area contributed by atoms with Gasteiger partial charge >= 0.3 is 5.97 Å². The van der Waals surface area contributed by atoms with Crippen LogP contribution < -0.4 is 10.1 Å². The lowest BCUT2D eigenvalue weighted by Gasteiger charge is -2.34. The first kappa shape index (κ1) is 26.0. The second-order valence-corrected chi connectivity index (χ2v) is 8.84. The molecule has 0 radical (unpaired) electrons. The van der Waals surface area contributed by atoms with Crippen molar-refractivity contribution in [3.05, 3.63) is 53.2 Å². The van der Waals surface area contributed by atoms with Crippen LogP contribution in [0.15, 0.2) is 30.5 Å². The number of aromatic carboxylic acids is 1. The molecule has 0 saturated heterocycles. The summed E-state index contributed by atoms with van der Waals surface area (Å²) in [5.41, 5.74) is 1.26. The smallest absolute Gasteiger partial charge is 0.358 e. The van der Waals surface area contributed by atoms with E-state index in [0.29, 0.717) is 22.8 Å². The molecule has 1 saturated carbocycles. The van der Waals surface area contributed by atoms with Crippen LogP contribution in [0.2, 0.25) is 0 Å². The second kappa shape index (κ2) is 10.9. The summed E-state index contributed by atoms with van der Waals surface area (Å²) in [5, 5.41) is 26.4. The van der Waals surface area contributed by atoms with E-state index in [4.69, 9.17) is 9.84 Å². The number of nitrogens with zero attached hydrogens (tertiary/aromatic N) is 6. The van der Waals surface area contributed by atoms with Crippen LogP contribution >= 0.6 is 0 Å². The van der Waals surface area contributed by atoms with Crippen molar-refractivity contribution in [2.45, 2.75) is 63.8 Å². The lowest BCUT2D eigenvalue weighted by Crippen LogP contribution is -2.43. The summed E-state index contributed by atoms with van der Waals surface area (Å²) in [5.74, 6) is -3.74. The number of hydrogen-bond acceptors (Lipinski definition) is 8. The van der Waals surface area contributed by atoms with Gasteiger partial charge in [0.25, 0.3) is 5.92 Å². The van der Waals surface area contributed by atoms with Crippen LogP contribution in [-0.4, -0.2) is 65.4 Å². The van der Waals surface area contributed by atoms with Crippen molar-refractivity contribution < 1.29 is 32.6 Å². The van der Waals surface area contributed by atoms with Gasteiger partial charge in [0.05, 0.1) is 30.6 Å². The van der Waals surface area contributed by atoms with Gasteiger partial charge in [-0.1, -0.05) is 5.21 Å². The molecule has 196 valence electrons. The third-order valence-electron chi connectivity index (χ3n) is 5.52. The molecule has 0 aromatic carbocycles. The highest BCUT2D eigenvalue weighted by Crippen LogP contribution is 2.39. The third-order valence-corrected chi connectivity index (χ3v) is 5.52. The highest BCUT2D eigenvalue weighted by molar-refractivity contribution is 5.91. The zero-order valence-electron chi connectivity index (χ0n) is 19.8. The number of halogens is 3. The number of amides is 1. The number of pyridine rings is 1. The van der Waals surface area contributed by atoms with Gasteiger partial charge in [-0.25, -0.2) is 22.6 Å². The molecule has 0 unspecified atom stereocenters. The van der Waals surface area contributed by atoms with Crippen LogP contribution in [0.5, 0.6) is 5.75 Å². The number of carbonyl (C=O) groups is 2. The summed E-state index contributed by atoms with van der Waals surface area (Å²) in [6, 6.07) is 6.33. The van der Waals surface area contributed by atoms with Crippen molar-refractivity contribution in [2.24, 2.45) is 0 Å². The van der Waals surface area contributed by atoms with Gasteiger partial charge in [-0.2, -0.15) is 5.10 Å². The molecule has 0 bridgehead atoms. The van der Waals surface area contributed by atoms with Crippen molar-refractivity contribution in [2.75, 3.05) is 5.32 Å². The van der Waals surface area contributed by atoms with Crippen LogP contribution in [0.3, 0.4) is 0 Å². The van der Waals surface area contributed by atoms with E-state index in [2.05, 4.69) is 30.8 Å². The molecule has 1 atom stereocenters. The fourth-order valence-electron chi connectivity index (χ4n) is 3.74. The van der Waals surface area contributed by atoms with Crippen LogP contribution in [0.4, 0.5) is 19.0 Å². The van der Waals surface area contributed by atoms with E-state index in [1.165, 1.54) is 0 Å². The maximum atomic E-state index is 14.2. The van der Waals surface area contributed by atoms with E-state index in [1.807, 2.05) is 0 Å². The Balaban J connectivity index is 1.24. The zero-order valence-corrected chi connectivity index (χ0v) is 19.8. The maximum Gasteiger partial charge on any atom is 0.358 e. The largest absolute Gasteiger partial charge is 0.490 e. The number of ether oxygens (including phenoxy) is 1. The number of alkyl halides is 3. The van der Waals surface area contributed by atoms with Gasteiger partial charge in [0.1, 0.15) is 18.0 Å². The lowest BCUT2D eigenvalue weighted by molar-refractivity contribution is -0.134. The second-order valence-electron chi connectivity index (χ2n) is 8.84. The minimum absolute atomic E-state index is 0.0856. The van der Waals surface area contributed by atoms with Crippen LogP contribution in [-0.2, 0) is 24.2 Å². The SMILES string of the molecule is Cc1cc(OC2CC(F)(F)C2)cc(CC(=O)Nc2ccc(CC[C@@H](F)Cn3cc(C(=O)O)nn3)nn2)n1. The molecule has 1 amide bonds. The highest BCUT2D eigenvalue weighted by atomic mass is 19.3. The molecule has 37 heavy (non-hydrogen) atoms. The number of aromatic nitrogens is 6. The van der Waals surface area contributed by atoms with E-state index in [9.17, 15) is 22.8 Å². The predicted molar refractivity (Wildman–Crippen MR) is 122 cm³/mol. The van der Waals surface area contributed by atoms with Crippen molar-refractivity contribution in [1.29, 1.82) is 0 Å². The van der Waals surface area contributed by atoms with Gasteiger partial charge in [0.2, 0.25) is 5.91 Å². The molecule has 0 aliphatic heterocycles. The minimum Gasteiger partial charge on any atom is -0.490 e. The van der Waals surface area contributed by atoms with E-state index in [0.717, 1.165) is 10.9 Å². The van der Waals surface area contributed by atoms with E-state index in [1.54, 1.807) is 31.2 Å². The highest BCUT2D eigenvalue weighted by Gasteiger charge is 2.47. The van der Waals surface area contributed by atoms with Gasteiger partial charge in [0, 0.05) is 30.7 Å². The number of nitrogens with one attached hydrogen (secondary N) is 1. The molecule has 0 spiro atoms. The van der Waals surface area contributed by atoms with Gasteiger partial charge in [0.15, 0.2) is 11.5 Å². The van der Waals surface area contributed by atoms with Crippen LogP contribution in [0, 0.1) is 6.92 Å². The Hall–Kier alpha value is -4.10. The zero-order chi connectivity index (χ0) is 26.6. The Bertz CT molecular complexity index is 1260. The molecule has 2 N–H and O–H groups in total. The number of carboxylic acid groups (broad SMARTS) is 1. The Morgan fingerprint density at radius 1 is 1.22 bits per heavy atom. The number of rotatable bonds is 11. The Morgan fingerprint density at radius 3 is 2.65 bits per heavy atom. The lowest BCUT2D eigenvalue weighted by atomic mass is 9.91. The van der Waals surface area contributed by atoms with Crippen LogP contribution in [0.1, 0.15) is 46.8 Å². The summed E-state index contributed by atoms with van der Waals surface area (Å²) >= 11 is 0. The molecule has 4 rings (SSSR count). The first-order valence-electron chi connectivity index (χ1n) is 11.5. The topological polar surface area (TPSA) is 145 Å². The van der Waals surface area contributed by atoms with E-state index < -0.39 is 30.1 Å². The maximum absolute atomic E-state index is 14.2. The molecular formula is C23H24F3N7O4. The van der Waals surface area contributed by atoms with Gasteiger partial charge < -0.3 is 15.2 Å². The average molecular weight is 519 g/mol. The fourth-order valence-corrected chi connectivity index (χ4v) is 3.74. The fraction of sp³-hybridized carbons (Fsp3) is 0.435. The molecule has 3 heterocycles. The summed E-state index contributed by atoms with van der Waals surface area (Å²) in [6.45, 7) is 1.57. The van der Waals surface area contributed by atoms with Crippen molar-refractivity contribution in [3.8, 4) is 5.75 Å². The van der Waals surface area contributed by atoms with Crippen LogP contribution in [0.25, 0.3) is 0 Å².